The van der Waals surface area contributed by atoms with Crippen molar-refractivity contribution in [3.8, 4) is 12.3 Å². The quantitative estimate of drug-likeness (QED) is 0.442. The Kier molecular flexibility index (Phi) is 3.27. The minimum Gasteiger partial charge on any atom is -0.375 e. The number of nitrogen functional groups attached to an aromatic ring is 1. The molecule has 1 aromatic rings. The van der Waals surface area contributed by atoms with Crippen molar-refractivity contribution < 1.29 is 0 Å². The van der Waals surface area contributed by atoms with Gasteiger partial charge in [-0.1, -0.05) is 11.3 Å². The molecule has 4 heteroatoms. The van der Waals surface area contributed by atoms with Gasteiger partial charge in [0.25, 0.3) is 0 Å². The molecule has 0 radical (unpaired) electrons. The van der Waals surface area contributed by atoms with Crippen LogP contribution in [0.2, 0.25) is 0 Å². The molecule has 0 bridgehead atoms. The normalized spacial score (nSPS) is 9.36. The van der Waals surface area contributed by atoms with Crippen molar-refractivity contribution in [3.63, 3.8) is 0 Å². The zero-order valence-electron chi connectivity index (χ0n) is 5.91. The highest BCUT2D eigenvalue weighted by Crippen LogP contribution is 2.26. The number of hydrogen-bond acceptors (Lipinski definition) is 4. The number of hydrogen-bond donors (Lipinski definition) is 1. The van der Waals surface area contributed by atoms with E-state index >= 15 is 0 Å². The summed E-state index contributed by atoms with van der Waals surface area (Å²) in [6.45, 7) is 0. The van der Waals surface area contributed by atoms with Crippen LogP contribution in [-0.4, -0.2) is 10.7 Å². The zero-order valence-corrected chi connectivity index (χ0v) is 7.54. The average Bonchev–Trinajstić information content (AvgIpc) is 2.37. The van der Waals surface area contributed by atoms with Gasteiger partial charge in [0, 0.05) is 12.2 Å². The van der Waals surface area contributed by atoms with Gasteiger partial charge in [-0.25, -0.2) is 4.98 Å². The minimum absolute atomic E-state index is 0.619. The Bertz CT molecular complexity index is 262. The van der Waals surface area contributed by atoms with E-state index in [1.165, 1.54) is 11.3 Å². The molecule has 1 aromatic heterocycles. The highest BCUT2D eigenvalue weighted by atomic mass is 32.2. The number of nitrogens with two attached hydrogens (primary N) is 1. The van der Waals surface area contributed by atoms with Gasteiger partial charge >= 0.3 is 0 Å². The lowest BCUT2D eigenvalue weighted by Crippen LogP contribution is -1.77. The lowest BCUT2D eigenvalue weighted by atomic mass is 10.5. The topological polar surface area (TPSA) is 38.9 Å². The average molecular weight is 184 g/mol. The summed E-state index contributed by atoms with van der Waals surface area (Å²) in [6, 6.07) is 0. The smallest absolute Gasteiger partial charge is 0.181 e. The summed E-state index contributed by atoms with van der Waals surface area (Å²) in [6.07, 6.45) is 7.67. The minimum atomic E-state index is 0.619. The maximum absolute atomic E-state index is 5.44. The van der Waals surface area contributed by atoms with Gasteiger partial charge in [-0.3, -0.25) is 0 Å². The molecule has 0 saturated heterocycles. The fourth-order valence-corrected chi connectivity index (χ4v) is 2.26. The van der Waals surface area contributed by atoms with Crippen LogP contribution in [0.15, 0.2) is 10.4 Å². The standard InChI is InChI=1S/C7H8N2S2/c1-2-3-4-10-6-5-9-7(8)11-6/h1,5H,3-4H2,(H2,8,9). The van der Waals surface area contributed by atoms with E-state index in [9.17, 15) is 0 Å². The van der Waals surface area contributed by atoms with Gasteiger partial charge in [0.2, 0.25) is 0 Å². The van der Waals surface area contributed by atoms with Crippen molar-refractivity contribution >= 4 is 28.2 Å². The fraction of sp³-hybridized carbons (Fsp3) is 0.286. The van der Waals surface area contributed by atoms with Crippen LogP contribution in [0.4, 0.5) is 5.13 Å². The number of terminal acetylenes is 1. The molecule has 0 aromatic carbocycles. The number of thiazole rings is 1. The Labute approximate surface area is 74.2 Å². The second-order valence-corrected chi connectivity index (χ2v) is 4.28. The Hall–Kier alpha value is -0.660. The molecule has 0 aliphatic heterocycles. The van der Waals surface area contributed by atoms with E-state index in [-0.39, 0.29) is 0 Å². The fourth-order valence-electron chi connectivity index (χ4n) is 0.549. The summed E-state index contributed by atoms with van der Waals surface area (Å²) >= 11 is 3.20. The van der Waals surface area contributed by atoms with Gasteiger partial charge in [0.15, 0.2) is 5.13 Å². The number of rotatable bonds is 3. The van der Waals surface area contributed by atoms with Crippen molar-refractivity contribution in [3.05, 3.63) is 6.20 Å². The Morgan fingerprint density at radius 2 is 2.64 bits per heavy atom. The van der Waals surface area contributed by atoms with Crippen LogP contribution < -0.4 is 5.73 Å². The monoisotopic (exact) mass is 184 g/mol. The predicted octanol–water partition coefficient (Wildman–Crippen LogP) is 1.84. The SMILES string of the molecule is C#CCCSc1cnc(N)s1. The predicted molar refractivity (Wildman–Crippen MR) is 50.7 cm³/mol. The van der Waals surface area contributed by atoms with Gasteiger partial charge in [0.05, 0.1) is 10.4 Å². The van der Waals surface area contributed by atoms with Crippen molar-refractivity contribution in [2.24, 2.45) is 0 Å². The second kappa shape index (κ2) is 4.27. The molecule has 1 heterocycles. The molecule has 11 heavy (non-hydrogen) atoms. The van der Waals surface area contributed by atoms with Crippen LogP contribution in [0.1, 0.15) is 6.42 Å². The van der Waals surface area contributed by atoms with E-state index in [0.717, 1.165) is 16.4 Å². The summed E-state index contributed by atoms with van der Waals surface area (Å²) in [5, 5.41) is 0.619. The molecular formula is C7H8N2S2. The highest BCUT2D eigenvalue weighted by Gasteiger charge is 1.97. The third-order valence-electron chi connectivity index (χ3n) is 0.993. The number of thioether (sulfide) groups is 1. The van der Waals surface area contributed by atoms with E-state index in [4.69, 9.17) is 12.2 Å². The summed E-state index contributed by atoms with van der Waals surface area (Å²) in [7, 11) is 0. The highest BCUT2D eigenvalue weighted by molar-refractivity contribution is 8.01. The van der Waals surface area contributed by atoms with E-state index in [1.54, 1.807) is 18.0 Å². The maximum Gasteiger partial charge on any atom is 0.181 e. The van der Waals surface area contributed by atoms with Crippen LogP contribution >= 0.6 is 23.1 Å². The lowest BCUT2D eigenvalue weighted by molar-refractivity contribution is 1.29. The summed E-state index contributed by atoms with van der Waals surface area (Å²) in [4.78, 5) is 3.92. The van der Waals surface area contributed by atoms with Crippen LogP contribution in [0.3, 0.4) is 0 Å². The molecule has 0 aliphatic carbocycles. The summed E-state index contributed by atoms with van der Waals surface area (Å²) < 4.78 is 1.14. The maximum atomic E-state index is 5.44. The molecule has 2 N–H and O–H groups in total. The van der Waals surface area contributed by atoms with Crippen molar-refractivity contribution in [2.75, 3.05) is 11.5 Å². The van der Waals surface area contributed by atoms with Gasteiger partial charge in [-0.2, -0.15) is 0 Å². The van der Waals surface area contributed by atoms with E-state index in [0.29, 0.717) is 5.13 Å². The Morgan fingerprint density at radius 3 is 3.18 bits per heavy atom. The van der Waals surface area contributed by atoms with E-state index in [1.807, 2.05) is 0 Å². The first kappa shape index (κ1) is 8.44. The van der Waals surface area contributed by atoms with Crippen molar-refractivity contribution in [2.45, 2.75) is 10.6 Å². The number of nitrogens with zero attached hydrogens (tertiary/aromatic N) is 1. The van der Waals surface area contributed by atoms with Crippen LogP contribution in [-0.2, 0) is 0 Å². The van der Waals surface area contributed by atoms with Crippen molar-refractivity contribution in [1.29, 1.82) is 0 Å². The second-order valence-electron chi connectivity index (χ2n) is 1.82. The van der Waals surface area contributed by atoms with Gasteiger partial charge in [0.1, 0.15) is 0 Å². The molecule has 0 atom stereocenters. The summed E-state index contributed by atoms with van der Waals surface area (Å²) in [5.74, 6) is 3.52. The molecule has 0 amide bonds. The first-order valence-electron chi connectivity index (χ1n) is 3.10. The molecule has 0 spiro atoms. The van der Waals surface area contributed by atoms with Crippen molar-refractivity contribution in [1.82, 2.24) is 4.98 Å². The van der Waals surface area contributed by atoms with Gasteiger partial charge < -0.3 is 5.73 Å². The van der Waals surface area contributed by atoms with Crippen LogP contribution in [0, 0.1) is 12.3 Å². The molecule has 58 valence electrons. The van der Waals surface area contributed by atoms with E-state index < -0.39 is 0 Å². The van der Waals surface area contributed by atoms with Crippen LogP contribution in [0.25, 0.3) is 0 Å². The molecule has 0 fully saturated rings. The number of aromatic nitrogens is 1. The summed E-state index contributed by atoms with van der Waals surface area (Å²) in [5.41, 5.74) is 5.44. The van der Waals surface area contributed by atoms with Gasteiger partial charge in [-0.15, -0.1) is 24.1 Å². The van der Waals surface area contributed by atoms with Gasteiger partial charge in [-0.05, 0) is 0 Å². The molecule has 1 rings (SSSR count). The third kappa shape index (κ3) is 2.83. The Morgan fingerprint density at radius 1 is 1.82 bits per heavy atom. The van der Waals surface area contributed by atoms with E-state index in [2.05, 4.69) is 10.9 Å². The number of anilines is 1. The molecule has 0 aliphatic rings. The molecule has 0 unspecified atom stereocenters. The first-order chi connectivity index (χ1) is 5.33. The molecule has 0 saturated carbocycles. The molecular weight excluding hydrogens is 176 g/mol. The Balaban J connectivity index is 2.34. The van der Waals surface area contributed by atoms with Crippen LogP contribution in [0.5, 0.6) is 0 Å². The largest absolute Gasteiger partial charge is 0.375 e. The molecule has 2 nitrogen and oxygen atoms in total. The third-order valence-corrected chi connectivity index (χ3v) is 3.02. The lowest BCUT2D eigenvalue weighted by Gasteiger charge is -1.89. The first-order valence-corrected chi connectivity index (χ1v) is 4.90. The zero-order chi connectivity index (χ0) is 8.10.